The summed E-state index contributed by atoms with van der Waals surface area (Å²) in [5.41, 5.74) is 1.72. The maximum Gasteiger partial charge on any atom is 0.234 e. The lowest BCUT2D eigenvalue weighted by atomic mass is 10.2. The van der Waals surface area contributed by atoms with Gasteiger partial charge in [0.15, 0.2) is 17.1 Å². The molecular weight excluding hydrogens is 443 g/mol. The molecule has 0 saturated carbocycles. The molecular formula is C21H22Cl2N4O2S. The van der Waals surface area contributed by atoms with E-state index in [2.05, 4.69) is 15.5 Å². The van der Waals surface area contributed by atoms with E-state index in [1.54, 1.807) is 18.2 Å². The van der Waals surface area contributed by atoms with Gasteiger partial charge in [0.1, 0.15) is 5.75 Å². The van der Waals surface area contributed by atoms with Crippen LogP contribution >= 0.6 is 35.0 Å². The first kappa shape index (κ1) is 22.5. The fourth-order valence-electron chi connectivity index (χ4n) is 2.83. The van der Waals surface area contributed by atoms with Crippen molar-refractivity contribution in [3.05, 3.63) is 63.9 Å². The molecule has 1 aromatic heterocycles. The zero-order valence-corrected chi connectivity index (χ0v) is 19.2. The van der Waals surface area contributed by atoms with E-state index in [0.29, 0.717) is 33.3 Å². The molecule has 0 spiro atoms. The molecule has 2 aromatic carbocycles. The van der Waals surface area contributed by atoms with E-state index in [1.807, 2.05) is 49.6 Å². The summed E-state index contributed by atoms with van der Waals surface area (Å²) in [5, 5.41) is 12.9. The fraction of sp³-hybridized carbons (Fsp3) is 0.286. The van der Waals surface area contributed by atoms with Crippen LogP contribution in [-0.2, 0) is 11.3 Å². The molecule has 0 saturated heterocycles. The minimum Gasteiger partial charge on any atom is -0.483 e. The average molecular weight is 465 g/mol. The van der Waals surface area contributed by atoms with E-state index < -0.39 is 0 Å². The normalized spacial score (nSPS) is 11.9. The third-order valence-electron chi connectivity index (χ3n) is 4.24. The van der Waals surface area contributed by atoms with Crippen LogP contribution in [0.1, 0.15) is 31.3 Å². The molecule has 3 rings (SSSR count). The molecule has 6 nitrogen and oxygen atoms in total. The van der Waals surface area contributed by atoms with E-state index >= 15 is 0 Å². The lowest BCUT2D eigenvalue weighted by Crippen LogP contribution is -2.15. The number of amides is 1. The smallest absolute Gasteiger partial charge is 0.234 e. The summed E-state index contributed by atoms with van der Waals surface area (Å²) in [6, 6.07) is 12.8. The summed E-state index contributed by atoms with van der Waals surface area (Å²) in [7, 11) is 0. The molecule has 0 aliphatic rings. The largest absolute Gasteiger partial charge is 0.483 e. The van der Waals surface area contributed by atoms with Crippen LogP contribution in [0.3, 0.4) is 0 Å². The van der Waals surface area contributed by atoms with Crippen molar-refractivity contribution < 1.29 is 9.53 Å². The number of hydrogen-bond donors (Lipinski definition) is 1. The highest BCUT2D eigenvalue weighted by atomic mass is 35.5. The van der Waals surface area contributed by atoms with E-state index in [0.717, 1.165) is 5.75 Å². The summed E-state index contributed by atoms with van der Waals surface area (Å²) in [5.74, 6) is 1.47. The third kappa shape index (κ3) is 5.90. The maximum atomic E-state index is 12.3. The Balaban J connectivity index is 1.63. The topological polar surface area (TPSA) is 69.0 Å². The van der Waals surface area contributed by atoms with Crippen LogP contribution in [0.5, 0.6) is 5.75 Å². The Hall–Kier alpha value is -2.22. The second-order valence-corrected chi connectivity index (χ2v) is 8.47. The van der Waals surface area contributed by atoms with Crippen molar-refractivity contribution in [3.8, 4) is 5.75 Å². The van der Waals surface area contributed by atoms with Crippen molar-refractivity contribution in [1.82, 2.24) is 14.8 Å². The highest BCUT2D eigenvalue weighted by molar-refractivity contribution is 7.99. The monoisotopic (exact) mass is 464 g/mol. The molecule has 0 fully saturated rings. The molecule has 1 unspecified atom stereocenters. The van der Waals surface area contributed by atoms with Crippen molar-refractivity contribution in [2.75, 3.05) is 11.1 Å². The Bertz CT molecular complexity index is 1000. The van der Waals surface area contributed by atoms with Crippen molar-refractivity contribution in [2.24, 2.45) is 0 Å². The number of halogens is 2. The average Bonchev–Trinajstić information content (AvgIpc) is 3.10. The highest BCUT2D eigenvalue weighted by Crippen LogP contribution is 2.26. The summed E-state index contributed by atoms with van der Waals surface area (Å²) in [6.45, 7) is 6.63. The Labute approximate surface area is 189 Å². The molecule has 0 radical (unpaired) electrons. The van der Waals surface area contributed by atoms with Crippen molar-refractivity contribution in [1.29, 1.82) is 0 Å². The van der Waals surface area contributed by atoms with Gasteiger partial charge in [0.05, 0.1) is 5.75 Å². The number of rotatable bonds is 8. The number of nitrogens with one attached hydrogen (secondary N) is 1. The van der Waals surface area contributed by atoms with Crippen LogP contribution in [0.15, 0.2) is 47.6 Å². The Morgan fingerprint density at radius 3 is 2.47 bits per heavy atom. The van der Waals surface area contributed by atoms with Gasteiger partial charge < -0.3 is 14.6 Å². The van der Waals surface area contributed by atoms with Crippen LogP contribution in [0.25, 0.3) is 0 Å². The van der Waals surface area contributed by atoms with Gasteiger partial charge in [-0.1, -0.05) is 52.7 Å². The number of aryl methyl sites for hydroxylation is 1. The summed E-state index contributed by atoms with van der Waals surface area (Å²) >= 11 is 13.2. The lowest BCUT2D eigenvalue weighted by Gasteiger charge is -2.15. The summed E-state index contributed by atoms with van der Waals surface area (Å²) in [6.07, 6.45) is -0.281. The standard InChI is InChI=1S/C21H22Cl2N4O2S/c1-4-27-20(14(3)29-18-7-5-13(2)6-8-18)25-26-21(27)30-12-19(28)24-17-10-15(22)9-16(23)11-17/h5-11,14H,4,12H2,1-3H3,(H,24,28). The summed E-state index contributed by atoms with van der Waals surface area (Å²) < 4.78 is 7.95. The van der Waals surface area contributed by atoms with Gasteiger partial charge in [-0.15, -0.1) is 10.2 Å². The van der Waals surface area contributed by atoms with Crippen molar-refractivity contribution >= 4 is 46.6 Å². The quantitative estimate of drug-likeness (QED) is 0.427. The predicted octanol–water partition coefficient (Wildman–Crippen LogP) is 5.78. The zero-order chi connectivity index (χ0) is 21.7. The Kier molecular flexibility index (Phi) is 7.64. The Morgan fingerprint density at radius 1 is 1.17 bits per heavy atom. The first-order valence-electron chi connectivity index (χ1n) is 9.41. The van der Waals surface area contributed by atoms with Gasteiger partial charge in [-0.25, -0.2) is 0 Å². The van der Waals surface area contributed by atoms with Crippen LogP contribution < -0.4 is 10.1 Å². The van der Waals surface area contributed by atoms with Gasteiger partial charge in [-0.05, 0) is 51.1 Å². The van der Waals surface area contributed by atoms with E-state index in [9.17, 15) is 4.79 Å². The molecule has 0 bridgehead atoms. The maximum absolute atomic E-state index is 12.3. The zero-order valence-electron chi connectivity index (χ0n) is 16.9. The molecule has 158 valence electrons. The number of thioether (sulfide) groups is 1. The van der Waals surface area contributed by atoms with Crippen LogP contribution in [0, 0.1) is 6.92 Å². The SMILES string of the molecule is CCn1c(SCC(=O)Nc2cc(Cl)cc(Cl)c2)nnc1C(C)Oc1ccc(C)cc1. The number of anilines is 1. The minimum absolute atomic E-state index is 0.176. The van der Waals surface area contributed by atoms with Gasteiger partial charge in [0.25, 0.3) is 0 Å². The predicted molar refractivity (Wildman–Crippen MR) is 122 cm³/mol. The number of nitrogens with zero attached hydrogens (tertiary/aromatic N) is 3. The number of carbonyl (C=O) groups is 1. The van der Waals surface area contributed by atoms with Crippen LogP contribution in [-0.4, -0.2) is 26.4 Å². The Morgan fingerprint density at radius 2 is 1.83 bits per heavy atom. The van der Waals surface area contributed by atoms with Gasteiger partial charge in [0.2, 0.25) is 5.91 Å². The number of carbonyl (C=O) groups excluding carboxylic acids is 1. The second kappa shape index (κ2) is 10.2. The van der Waals surface area contributed by atoms with E-state index in [1.165, 1.54) is 17.3 Å². The van der Waals surface area contributed by atoms with Gasteiger partial charge in [0, 0.05) is 22.3 Å². The molecule has 1 N–H and O–H groups in total. The molecule has 0 aliphatic heterocycles. The molecule has 30 heavy (non-hydrogen) atoms. The van der Waals surface area contributed by atoms with E-state index in [-0.39, 0.29) is 17.8 Å². The van der Waals surface area contributed by atoms with E-state index in [4.69, 9.17) is 27.9 Å². The molecule has 1 atom stereocenters. The number of ether oxygens (including phenoxy) is 1. The molecule has 9 heteroatoms. The molecule has 0 aliphatic carbocycles. The number of aromatic nitrogens is 3. The highest BCUT2D eigenvalue weighted by Gasteiger charge is 2.19. The second-order valence-electron chi connectivity index (χ2n) is 6.65. The first-order valence-corrected chi connectivity index (χ1v) is 11.1. The minimum atomic E-state index is -0.281. The first-order chi connectivity index (χ1) is 14.4. The van der Waals surface area contributed by atoms with Gasteiger partial charge in [-0.3, -0.25) is 4.79 Å². The van der Waals surface area contributed by atoms with Crippen LogP contribution in [0.4, 0.5) is 5.69 Å². The van der Waals surface area contributed by atoms with Gasteiger partial charge in [-0.2, -0.15) is 0 Å². The summed E-state index contributed by atoms with van der Waals surface area (Å²) in [4.78, 5) is 12.3. The van der Waals surface area contributed by atoms with Crippen LogP contribution in [0.2, 0.25) is 10.0 Å². The number of hydrogen-bond acceptors (Lipinski definition) is 5. The van der Waals surface area contributed by atoms with Gasteiger partial charge >= 0.3 is 0 Å². The van der Waals surface area contributed by atoms with Crippen molar-refractivity contribution in [2.45, 2.75) is 38.6 Å². The molecule has 1 heterocycles. The number of benzene rings is 2. The molecule has 3 aromatic rings. The third-order valence-corrected chi connectivity index (χ3v) is 5.64. The molecule has 1 amide bonds. The lowest BCUT2D eigenvalue weighted by molar-refractivity contribution is -0.113. The fourth-order valence-corrected chi connectivity index (χ4v) is 4.17. The van der Waals surface area contributed by atoms with Crippen molar-refractivity contribution in [3.63, 3.8) is 0 Å².